The van der Waals surface area contributed by atoms with Gasteiger partial charge in [-0.15, -0.1) is 0 Å². The van der Waals surface area contributed by atoms with Crippen molar-refractivity contribution in [2.45, 2.75) is 20.0 Å². The Balaban J connectivity index is 2.14. The second-order valence-electron chi connectivity index (χ2n) is 4.05. The highest BCUT2D eigenvalue weighted by atomic mass is 35.5. The molecule has 0 N–H and O–H groups in total. The summed E-state index contributed by atoms with van der Waals surface area (Å²) in [4.78, 5) is 0. The number of aryl methyl sites for hydroxylation is 2. The predicted octanol–water partition coefficient (Wildman–Crippen LogP) is 4.01. The predicted molar refractivity (Wildman–Crippen MR) is 73.3 cm³/mol. The van der Waals surface area contributed by atoms with Gasteiger partial charge >= 0.3 is 0 Å². The third-order valence-electron chi connectivity index (χ3n) is 2.77. The summed E-state index contributed by atoms with van der Waals surface area (Å²) in [5.74, 6) is -0.110. The molecule has 0 atom stereocenters. The highest BCUT2D eigenvalue weighted by Crippen LogP contribution is 2.24. The number of nitrogens with zero attached hydrogens (tertiary/aromatic N) is 2. The van der Waals surface area contributed by atoms with Gasteiger partial charge in [0.05, 0.1) is 21.4 Å². The van der Waals surface area contributed by atoms with Gasteiger partial charge in [0.15, 0.2) is 0 Å². The van der Waals surface area contributed by atoms with Crippen LogP contribution in [0, 0.1) is 5.82 Å². The smallest absolute Gasteiger partial charge is 0.145 e. The van der Waals surface area contributed by atoms with Crippen molar-refractivity contribution in [3.8, 4) is 5.75 Å². The molecular formula is C13H13Cl2FN2O. The van der Waals surface area contributed by atoms with Crippen LogP contribution in [0.4, 0.5) is 4.39 Å². The van der Waals surface area contributed by atoms with E-state index in [1.807, 2.05) is 6.92 Å². The van der Waals surface area contributed by atoms with Gasteiger partial charge in [-0.1, -0.05) is 30.1 Å². The molecule has 102 valence electrons. The Morgan fingerprint density at radius 2 is 2.11 bits per heavy atom. The van der Waals surface area contributed by atoms with E-state index in [0.29, 0.717) is 10.8 Å². The van der Waals surface area contributed by atoms with Crippen LogP contribution >= 0.6 is 23.2 Å². The van der Waals surface area contributed by atoms with Crippen molar-refractivity contribution in [1.29, 1.82) is 0 Å². The van der Waals surface area contributed by atoms with Crippen LogP contribution in [0.25, 0.3) is 0 Å². The van der Waals surface area contributed by atoms with E-state index in [2.05, 4.69) is 5.10 Å². The average molecular weight is 303 g/mol. The maximum Gasteiger partial charge on any atom is 0.145 e. The number of halogens is 3. The van der Waals surface area contributed by atoms with Crippen molar-refractivity contribution >= 4 is 23.2 Å². The van der Waals surface area contributed by atoms with Crippen LogP contribution in [0.2, 0.25) is 10.0 Å². The fourth-order valence-corrected chi connectivity index (χ4v) is 2.16. The zero-order valence-electron chi connectivity index (χ0n) is 10.6. The molecule has 0 aliphatic carbocycles. The fraction of sp³-hybridized carbons (Fsp3) is 0.308. The van der Waals surface area contributed by atoms with Crippen LogP contribution in [0.5, 0.6) is 5.75 Å². The molecule has 0 unspecified atom stereocenters. The number of aromatic nitrogens is 2. The molecule has 0 aliphatic heterocycles. The number of ether oxygens (including phenoxy) is 1. The van der Waals surface area contributed by atoms with Crippen molar-refractivity contribution in [2.24, 2.45) is 7.05 Å². The maximum atomic E-state index is 13.3. The summed E-state index contributed by atoms with van der Waals surface area (Å²) in [6.07, 6.45) is 0.752. The first-order chi connectivity index (χ1) is 9.02. The molecule has 3 nitrogen and oxygen atoms in total. The van der Waals surface area contributed by atoms with Crippen molar-refractivity contribution < 1.29 is 9.13 Å². The molecular weight excluding hydrogens is 290 g/mol. The van der Waals surface area contributed by atoms with Crippen molar-refractivity contribution in [1.82, 2.24) is 9.78 Å². The molecule has 19 heavy (non-hydrogen) atoms. The highest BCUT2D eigenvalue weighted by molar-refractivity contribution is 6.32. The van der Waals surface area contributed by atoms with Crippen LogP contribution in [-0.2, 0) is 20.1 Å². The lowest BCUT2D eigenvalue weighted by Gasteiger charge is -2.07. The first-order valence-electron chi connectivity index (χ1n) is 5.81. The molecule has 2 aromatic rings. The zero-order chi connectivity index (χ0) is 14.0. The van der Waals surface area contributed by atoms with Crippen molar-refractivity contribution in [3.05, 3.63) is 45.4 Å². The Labute approximate surface area is 120 Å². The first-order valence-corrected chi connectivity index (χ1v) is 6.56. The van der Waals surface area contributed by atoms with E-state index in [1.54, 1.807) is 17.8 Å². The lowest BCUT2D eigenvalue weighted by molar-refractivity contribution is 0.293. The van der Waals surface area contributed by atoms with Gasteiger partial charge in [0, 0.05) is 13.1 Å². The van der Waals surface area contributed by atoms with E-state index in [9.17, 15) is 4.39 Å². The highest BCUT2D eigenvalue weighted by Gasteiger charge is 2.13. The topological polar surface area (TPSA) is 27.1 Å². The van der Waals surface area contributed by atoms with Gasteiger partial charge in [0.1, 0.15) is 18.2 Å². The summed E-state index contributed by atoms with van der Waals surface area (Å²) >= 11 is 11.8. The summed E-state index contributed by atoms with van der Waals surface area (Å²) in [6, 6.07) is 4.30. The zero-order valence-corrected chi connectivity index (χ0v) is 12.1. The van der Waals surface area contributed by atoms with Crippen LogP contribution in [0.1, 0.15) is 18.3 Å². The van der Waals surface area contributed by atoms with E-state index < -0.39 is 5.82 Å². The van der Waals surface area contributed by atoms with Crippen molar-refractivity contribution in [3.63, 3.8) is 0 Å². The Hall–Kier alpha value is -1.26. The summed E-state index contributed by atoms with van der Waals surface area (Å²) in [6.45, 7) is 2.21. The maximum absolute atomic E-state index is 13.3. The SMILES string of the molecule is CCc1nn(C)c(COc2ccc(Cl)c(F)c2)c1Cl. The number of hydrogen-bond acceptors (Lipinski definition) is 2. The van der Waals surface area contributed by atoms with Gasteiger partial charge in [0.2, 0.25) is 0 Å². The van der Waals surface area contributed by atoms with Crippen molar-refractivity contribution in [2.75, 3.05) is 0 Å². The van der Waals surface area contributed by atoms with Gasteiger partial charge in [-0.2, -0.15) is 5.10 Å². The molecule has 0 saturated carbocycles. The summed E-state index contributed by atoms with van der Waals surface area (Å²) in [5.41, 5.74) is 1.58. The molecule has 0 bridgehead atoms. The van der Waals surface area contributed by atoms with E-state index in [0.717, 1.165) is 17.8 Å². The van der Waals surface area contributed by atoms with E-state index in [4.69, 9.17) is 27.9 Å². The molecule has 2 rings (SSSR count). The minimum Gasteiger partial charge on any atom is -0.487 e. The van der Waals surface area contributed by atoms with Gasteiger partial charge in [0.25, 0.3) is 0 Å². The molecule has 6 heteroatoms. The van der Waals surface area contributed by atoms with Crippen LogP contribution in [0.15, 0.2) is 18.2 Å². The third kappa shape index (κ3) is 3.01. The minimum atomic E-state index is -0.510. The molecule has 1 aromatic heterocycles. The molecule has 0 saturated heterocycles. The molecule has 0 radical (unpaired) electrons. The van der Waals surface area contributed by atoms with Gasteiger partial charge in [-0.25, -0.2) is 4.39 Å². The van der Waals surface area contributed by atoms with Gasteiger partial charge < -0.3 is 4.74 Å². The molecule has 0 spiro atoms. The van der Waals surface area contributed by atoms with E-state index in [-0.39, 0.29) is 11.6 Å². The quantitative estimate of drug-likeness (QED) is 0.853. The molecule has 0 amide bonds. The summed E-state index contributed by atoms with van der Waals surface area (Å²) in [7, 11) is 1.80. The monoisotopic (exact) mass is 302 g/mol. The Kier molecular flexibility index (Phi) is 4.32. The number of rotatable bonds is 4. The average Bonchev–Trinajstić information content (AvgIpc) is 2.66. The Morgan fingerprint density at radius 3 is 2.68 bits per heavy atom. The van der Waals surface area contributed by atoms with Crippen LogP contribution < -0.4 is 4.74 Å². The van der Waals surface area contributed by atoms with Gasteiger partial charge in [-0.05, 0) is 18.6 Å². The summed E-state index contributed by atoms with van der Waals surface area (Å²) < 4.78 is 20.4. The lowest BCUT2D eigenvalue weighted by Crippen LogP contribution is -2.03. The molecule has 1 aromatic carbocycles. The van der Waals surface area contributed by atoms with E-state index >= 15 is 0 Å². The van der Waals surface area contributed by atoms with Crippen LogP contribution in [-0.4, -0.2) is 9.78 Å². The largest absolute Gasteiger partial charge is 0.487 e. The van der Waals surface area contributed by atoms with Crippen LogP contribution in [0.3, 0.4) is 0 Å². The first kappa shape index (κ1) is 14.2. The normalized spacial score (nSPS) is 10.8. The fourth-order valence-electron chi connectivity index (χ4n) is 1.69. The minimum absolute atomic E-state index is 0.0687. The lowest BCUT2D eigenvalue weighted by atomic mass is 10.3. The Morgan fingerprint density at radius 1 is 1.37 bits per heavy atom. The third-order valence-corrected chi connectivity index (χ3v) is 3.51. The molecule has 1 heterocycles. The second-order valence-corrected chi connectivity index (χ2v) is 4.83. The summed E-state index contributed by atoms with van der Waals surface area (Å²) in [5, 5.41) is 4.95. The molecule has 0 aliphatic rings. The Bertz CT molecular complexity index is 599. The second kappa shape index (κ2) is 5.80. The number of hydrogen-bond donors (Lipinski definition) is 0. The number of benzene rings is 1. The molecule has 0 fully saturated rings. The standard InChI is InChI=1S/C13H13Cl2FN2O/c1-3-11-13(15)12(18(2)17-11)7-19-8-4-5-9(14)10(16)6-8/h4-6H,3,7H2,1-2H3. The van der Waals surface area contributed by atoms with Gasteiger partial charge in [-0.3, -0.25) is 4.68 Å². The van der Waals surface area contributed by atoms with E-state index in [1.165, 1.54) is 12.1 Å².